The highest BCUT2D eigenvalue weighted by Gasteiger charge is 2.17. The first kappa shape index (κ1) is 22.8. The van der Waals surface area contributed by atoms with E-state index in [2.05, 4.69) is 0 Å². The molecule has 4 aromatic rings. The van der Waals surface area contributed by atoms with Gasteiger partial charge in [-0.3, -0.25) is 4.79 Å². The Morgan fingerprint density at radius 2 is 1.59 bits per heavy atom. The summed E-state index contributed by atoms with van der Waals surface area (Å²) in [4.78, 5) is 37.3. The molecule has 0 unspecified atom stereocenters. The zero-order valence-electron chi connectivity index (χ0n) is 18.9. The number of esters is 2. The van der Waals surface area contributed by atoms with E-state index in [-0.39, 0.29) is 40.3 Å². The van der Waals surface area contributed by atoms with Crippen molar-refractivity contribution >= 4 is 22.9 Å². The molecular weight excluding hydrogens is 436 g/mol. The standard InChI is InChI=1S/C27H22O7/c1-4-31-26(29)18-9-11-19(12-10-18)33-25-17(3)32-23-15-20(13-14-22(23)24(25)28)34-27(30)21-8-6-5-7-16(21)2/h5-15H,4H2,1-3H3. The molecule has 3 aromatic carbocycles. The zero-order valence-corrected chi connectivity index (χ0v) is 18.9. The van der Waals surface area contributed by atoms with E-state index in [9.17, 15) is 14.4 Å². The van der Waals surface area contributed by atoms with E-state index < -0.39 is 11.9 Å². The number of hydrogen-bond acceptors (Lipinski definition) is 7. The maximum atomic E-state index is 13.0. The molecule has 0 atom stereocenters. The minimum absolute atomic E-state index is 0.0287. The van der Waals surface area contributed by atoms with Crippen molar-refractivity contribution in [2.45, 2.75) is 20.8 Å². The zero-order chi connectivity index (χ0) is 24.2. The smallest absolute Gasteiger partial charge is 0.343 e. The van der Waals surface area contributed by atoms with Crippen molar-refractivity contribution in [1.29, 1.82) is 0 Å². The molecular formula is C27H22O7. The molecule has 7 heteroatoms. The molecule has 1 heterocycles. The summed E-state index contributed by atoms with van der Waals surface area (Å²) in [6.45, 7) is 5.44. The van der Waals surface area contributed by atoms with E-state index in [0.29, 0.717) is 16.9 Å². The minimum Gasteiger partial charge on any atom is -0.462 e. The van der Waals surface area contributed by atoms with E-state index in [0.717, 1.165) is 5.56 Å². The van der Waals surface area contributed by atoms with Crippen LogP contribution >= 0.6 is 0 Å². The second kappa shape index (κ2) is 9.62. The van der Waals surface area contributed by atoms with Crippen molar-refractivity contribution in [2.24, 2.45) is 0 Å². The van der Waals surface area contributed by atoms with Gasteiger partial charge in [-0.05, 0) is 68.8 Å². The second-order valence-corrected chi connectivity index (χ2v) is 7.53. The fourth-order valence-electron chi connectivity index (χ4n) is 3.41. The minimum atomic E-state index is -0.497. The van der Waals surface area contributed by atoms with Crippen LogP contribution < -0.4 is 14.9 Å². The first-order valence-corrected chi connectivity index (χ1v) is 10.7. The number of hydrogen-bond donors (Lipinski definition) is 0. The van der Waals surface area contributed by atoms with Crippen LogP contribution in [0.4, 0.5) is 0 Å². The molecule has 0 amide bonds. The summed E-state index contributed by atoms with van der Waals surface area (Å²) >= 11 is 0. The third kappa shape index (κ3) is 4.68. The quantitative estimate of drug-likeness (QED) is 0.274. The Morgan fingerprint density at radius 3 is 2.29 bits per heavy atom. The lowest BCUT2D eigenvalue weighted by molar-refractivity contribution is 0.0526. The molecule has 0 spiro atoms. The summed E-state index contributed by atoms with van der Waals surface area (Å²) in [6.07, 6.45) is 0. The third-order valence-electron chi connectivity index (χ3n) is 5.15. The van der Waals surface area contributed by atoms with Crippen LogP contribution in [-0.4, -0.2) is 18.5 Å². The first-order valence-electron chi connectivity index (χ1n) is 10.7. The van der Waals surface area contributed by atoms with E-state index >= 15 is 0 Å². The average Bonchev–Trinajstić information content (AvgIpc) is 2.82. The first-order chi connectivity index (χ1) is 16.4. The van der Waals surface area contributed by atoms with Gasteiger partial charge >= 0.3 is 11.9 Å². The van der Waals surface area contributed by atoms with Crippen molar-refractivity contribution in [3.63, 3.8) is 0 Å². The highest BCUT2D eigenvalue weighted by molar-refractivity contribution is 5.93. The SMILES string of the molecule is CCOC(=O)c1ccc(Oc2c(C)oc3cc(OC(=O)c4ccccc4C)ccc3c2=O)cc1. The Balaban J connectivity index is 1.59. The van der Waals surface area contributed by atoms with Crippen LogP contribution in [0.5, 0.6) is 17.2 Å². The molecule has 34 heavy (non-hydrogen) atoms. The van der Waals surface area contributed by atoms with Gasteiger partial charge in [-0.1, -0.05) is 18.2 Å². The third-order valence-corrected chi connectivity index (χ3v) is 5.15. The van der Waals surface area contributed by atoms with Gasteiger partial charge in [-0.25, -0.2) is 9.59 Å². The lowest BCUT2D eigenvalue weighted by Crippen LogP contribution is -2.11. The summed E-state index contributed by atoms with van der Waals surface area (Å²) in [5, 5.41) is 0.277. The summed E-state index contributed by atoms with van der Waals surface area (Å²) in [6, 6.07) is 17.9. The fourth-order valence-corrected chi connectivity index (χ4v) is 3.41. The summed E-state index contributed by atoms with van der Waals surface area (Å²) in [5.41, 5.74) is 1.53. The molecule has 0 fully saturated rings. The van der Waals surface area contributed by atoms with Gasteiger partial charge in [0.1, 0.15) is 22.8 Å². The van der Waals surface area contributed by atoms with E-state index in [4.69, 9.17) is 18.6 Å². The molecule has 0 radical (unpaired) electrons. The monoisotopic (exact) mass is 458 g/mol. The van der Waals surface area contributed by atoms with Gasteiger partial charge in [-0.15, -0.1) is 0 Å². The fraction of sp³-hybridized carbons (Fsp3) is 0.148. The largest absolute Gasteiger partial charge is 0.462 e. The van der Waals surface area contributed by atoms with Crippen molar-refractivity contribution < 1.29 is 28.2 Å². The molecule has 4 rings (SSSR count). The lowest BCUT2D eigenvalue weighted by Gasteiger charge is -2.10. The Bertz CT molecular complexity index is 1430. The number of carbonyl (C=O) groups is 2. The highest BCUT2D eigenvalue weighted by atomic mass is 16.5. The van der Waals surface area contributed by atoms with Crippen molar-refractivity contribution in [3.05, 3.63) is 99.4 Å². The number of rotatable bonds is 6. The average molecular weight is 458 g/mol. The summed E-state index contributed by atoms with van der Waals surface area (Å²) in [7, 11) is 0. The topological polar surface area (TPSA) is 92.0 Å². The van der Waals surface area contributed by atoms with Crippen LogP contribution in [0.1, 0.15) is 39.0 Å². The van der Waals surface area contributed by atoms with Gasteiger partial charge < -0.3 is 18.6 Å². The maximum absolute atomic E-state index is 13.0. The molecule has 0 aliphatic rings. The van der Waals surface area contributed by atoms with Gasteiger partial charge in [0.2, 0.25) is 11.2 Å². The molecule has 0 aliphatic carbocycles. The number of carbonyl (C=O) groups excluding carboxylic acids is 2. The van der Waals surface area contributed by atoms with E-state index in [1.807, 2.05) is 19.1 Å². The molecule has 1 aromatic heterocycles. The molecule has 172 valence electrons. The number of fused-ring (bicyclic) bond motifs is 1. The van der Waals surface area contributed by atoms with Crippen LogP contribution in [0.3, 0.4) is 0 Å². The van der Waals surface area contributed by atoms with Crippen LogP contribution in [0.25, 0.3) is 11.0 Å². The number of aryl methyl sites for hydroxylation is 2. The van der Waals surface area contributed by atoms with Gasteiger partial charge in [0, 0.05) is 6.07 Å². The van der Waals surface area contributed by atoms with Crippen LogP contribution in [-0.2, 0) is 4.74 Å². The number of ether oxygens (including phenoxy) is 3. The summed E-state index contributed by atoms with van der Waals surface area (Å²) < 4.78 is 22.0. The van der Waals surface area contributed by atoms with Crippen LogP contribution in [0.2, 0.25) is 0 Å². The molecule has 0 saturated heterocycles. The molecule has 0 bridgehead atoms. The van der Waals surface area contributed by atoms with Crippen LogP contribution in [0.15, 0.2) is 75.9 Å². The van der Waals surface area contributed by atoms with Gasteiger partial charge in [0.15, 0.2) is 0 Å². The van der Waals surface area contributed by atoms with Crippen molar-refractivity contribution in [3.8, 4) is 17.2 Å². The predicted molar refractivity (Wildman–Crippen MR) is 126 cm³/mol. The lowest BCUT2D eigenvalue weighted by atomic mass is 10.1. The maximum Gasteiger partial charge on any atom is 0.343 e. The van der Waals surface area contributed by atoms with Gasteiger partial charge in [-0.2, -0.15) is 0 Å². The Morgan fingerprint density at radius 1 is 0.882 bits per heavy atom. The van der Waals surface area contributed by atoms with E-state index in [1.54, 1.807) is 50.2 Å². The second-order valence-electron chi connectivity index (χ2n) is 7.53. The normalized spacial score (nSPS) is 10.7. The summed E-state index contributed by atoms with van der Waals surface area (Å²) in [5.74, 6) is -0.0226. The predicted octanol–water partition coefficient (Wildman–Crippen LogP) is 5.60. The Kier molecular flexibility index (Phi) is 6.45. The number of benzene rings is 3. The van der Waals surface area contributed by atoms with Gasteiger partial charge in [0.05, 0.1) is 23.1 Å². The van der Waals surface area contributed by atoms with E-state index in [1.165, 1.54) is 18.2 Å². The molecule has 0 saturated carbocycles. The van der Waals surface area contributed by atoms with Crippen molar-refractivity contribution in [2.75, 3.05) is 6.61 Å². The Labute approximate surface area is 195 Å². The molecule has 0 aliphatic heterocycles. The Hall–Kier alpha value is -4.39. The van der Waals surface area contributed by atoms with Crippen molar-refractivity contribution in [1.82, 2.24) is 0 Å². The van der Waals surface area contributed by atoms with Crippen LogP contribution in [0, 0.1) is 13.8 Å². The highest BCUT2D eigenvalue weighted by Crippen LogP contribution is 2.28. The molecule has 0 N–H and O–H groups in total. The van der Waals surface area contributed by atoms with Gasteiger partial charge in [0.25, 0.3) is 0 Å². The molecule has 7 nitrogen and oxygen atoms in total.